The van der Waals surface area contributed by atoms with Crippen LogP contribution in [0.4, 0.5) is 0 Å². The molecule has 1 aliphatic rings. The number of allylic oxidation sites excluding steroid dienone is 2. The van der Waals surface area contributed by atoms with Crippen LogP contribution < -0.4 is 0 Å². The maximum Gasteiger partial charge on any atom is -0.0159 e. The first kappa shape index (κ1) is 12.4. The summed E-state index contributed by atoms with van der Waals surface area (Å²) in [5, 5.41) is 0. The average molecular weight is 228 g/mol. The van der Waals surface area contributed by atoms with Crippen molar-refractivity contribution in [2.24, 2.45) is 5.92 Å². The molecule has 0 aliphatic heterocycles. The van der Waals surface area contributed by atoms with E-state index < -0.39 is 0 Å². The molecule has 17 heavy (non-hydrogen) atoms. The molecule has 2 rings (SSSR count). The van der Waals surface area contributed by atoms with Crippen molar-refractivity contribution in [3.05, 3.63) is 42.0 Å². The predicted octanol–water partition coefficient (Wildman–Crippen LogP) is 5.45. The molecule has 0 heteroatoms. The first-order valence-corrected chi connectivity index (χ1v) is 7.17. The third kappa shape index (κ3) is 4.03. The van der Waals surface area contributed by atoms with Crippen LogP contribution in [-0.2, 0) is 0 Å². The Labute approximate surface area is 106 Å². The van der Waals surface area contributed by atoms with E-state index in [9.17, 15) is 0 Å². The second-order valence-corrected chi connectivity index (χ2v) is 5.15. The number of hydrogen-bond donors (Lipinski definition) is 0. The van der Waals surface area contributed by atoms with Gasteiger partial charge in [0, 0.05) is 0 Å². The fourth-order valence-corrected chi connectivity index (χ4v) is 2.37. The van der Waals surface area contributed by atoms with E-state index in [0.29, 0.717) is 0 Å². The molecular formula is C17H24. The Hall–Kier alpha value is -1.04. The van der Waals surface area contributed by atoms with Gasteiger partial charge in [-0.15, -0.1) is 0 Å². The first-order valence-electron chi connectivity index (χ1n) is 7.17. The average Bonchev–Trinajstić information content (AvgIpc) is 3.19. The Morgan fingerprint density at radius 3 is 2.53 bits per heavy atom. The molecule has 0 spiro atoms. The summed E-state index contributed by atoms with van der Waals surface area (Å²) in [6.07, 6.45) is 12.0. The molecule has 0 atom stereocenters. The minimum absolute atomic E-state index is 0.864. The van der Waals surface area contributed by atoms with Gasteiger partial charge in [-0.1, -0.05) is 62.6 Å². The standard InChI is InChI=1S/C17H24/c1-2-3-4-5-9-12-17(16-13-14-16)15-10-7-6-8-11-15/h6-8,10-12,16H,2-5,9,13-14H2,1H3/b17-12-. The summed E-state index contributed by atoms with van der Waals surface area (Å²) in [6, 6.07) is 10.9. The lowest BCUT2D eigenvalue weighted by molar-refractivity contribution is 0.674. The van der Waals surface area contributed by atoms with Crippen LogP contribution in [0.5, 0.6) is 0 Å². The Balaban J connectivity index is 1.91. The minimum atomic E-state index is 0.864. The number of unbranched alkanes of at least 4 members (excludes halogenated alkanes) is 4. The molecule has 92 valence electrons. The highest BCUT2D eigenvalue weighted by Crippen LogP contribution is 2.42. The molecule has 1 aliphatic carbocycles. The molecule has 0 bridgehead atoms. The van der Waals surface area contributed by atoms with Crippen molar-refractivity contribution >= 4 is 5.57 Å². The van der Waals surface area contributed by atoms with E-state index in [1.807, 2.05) is 0 Å². The van der Waals surface area contributed by atoms with E-state index in [2.05, 4.69) is 43.3 Å². The monoisotopic (exact) mass is 228 g/mol. The maximum absolute atomic E-state index is 2.50. The zero-order chi connectivity index (χ0) is 11.9. The second-order valence-electron chi connectivity index (χ2n) is 5.15. The van der Waals surface area contributed by atoms with Crippen LogP contribution in [0.3, 0.4) is 0 Å². The summed E-state index contributed by atoms with van der Waals surface area (Å²) in [5.74, 6) is 0.864. The van der Waals surface area contributed by atoms with Crippen molar-refractivity contribution in [2.45, 2.75) is 51.9 Å². The fourth-order valence-electron chi connectivity index (χ4n) is 2.37. The lowest BCUT2D eigenvalue weighted by atomic mass is 9.99. The zero-order valence-electron chi connectivity index (χ0n) is 11.0. The minimum Gasteiger partial charge on any atom is -0.0804 e. The molecule has 0 nitrogen and oxygen atoms in total. The molecule has 1 aromatic carbocycles. The Morgan fingerprint density at radius 2 is 1.88 bits per heavy atom. The largest absolute Gasteiger partial charge is 0.0804 e. The predicted molar refractivity (Wildman–Crippen MR) is 75.9 cm³/mol. The molecule has 0 amide bonds. The van der Waals surface area contributed by atoms with Gasteiger partial charge in [0.1, 0.15) is 0 Å². The highest BCUT2D eigenvalue weighted by atomic mass is 14.3. The summed E-state index contributed by atoms with van der Waals surface area (Å²) in [6.45, 7) is 2.27. The Kier molecular flexibility index (Phi) is 4.85. The number of benzene rings is 1. The van der Waals surface area contributed by atoms with Crippen molar-refractivity contribution in [2.75, 3.05) is 0 Å². The van der Waals surface area contributed by atoms with Gasteiger partial charge in [0.2, 0.25) is 0 Å². The van der Waals surface area contributed by atoms with Crippen LogP contribution in [-0.4, -0.2) is 0 Å². The highest BCUT2D eigenvalue weighted by molar-refractivity contribution is 5.69. The zero-order valence-corrected chi connectivity index (χ0v) is 11.0. The van der Waals surface area contributed by atoms with E-state index in [0.717, 1.165) is 5.92 Å². The van der Waals surface area contributed by atoms with Gasteiger partial charge in [-0.3, -0.25) is 0 Å². The smallest absolute Gasteiger partial charge is 0.0159 e. The number of rotatable bonds is 7. The summed E-state index contributed by atoms with van der Waals surface area (Å²) < 4.78 is 0. The number of hydrogen-bond acceptors (Lipinski definition) is 0. The SMILES string of the molecule is CCCCCC/C=C(/c1ccccc1)C1CC1. The first-order chi connectivity index (χ1) is 8.42. The van der Waals surface area contributed by atoms with Gasteiger partial charge < -0.3 is 0 Å². The topological polar surface area (TPSA) is 0 Å². The van der Waals surface area contributed by atoms with Gasteiger partial charge in [0.25, 0.3) is 0 Å². The molecular weight excluding hydrogens is 204 g/mol. The van der Waals surface area contributed by atoms with Gasteiger partial charge in [0.05, 0.1) is 0 Å². The van der Waals surface area contributed by atoms with Crippen LogP contribution in [0.15, 0.2) is 36.4 Å². The Morgan fingerprint density at radius 1 is 1.12 bits per heavy atom. The van der Waals surface area contributed by atoms with Crippen molar-refractivity contribution in [1.82, 2.24) is 0 Å². The van der Waals surface area contributed by atoms with Gasteiger partial charge in [-0.2, -0.15) is 0 Å². The lowest BCUT2D eigenvalue weighted by Gasteiger charge is -2.06. The molecule has 0 N–H and O–H groups in total. The summed E-state index contributed by atoms with van der Waals surface area (Å²) in [4.78, 5) is 0. The van der Waals surface area contributed by atoms with Crippen LogP contribution in [0.25, 0.3) is 5.57 Å². The van der Waals surface area contributed by atoms with Gasteiger partial charge >= 0.3 is 0 Å². The lowest BCUT2D eigenvalue weighted by Crippen LogP contribution is -1.87. The molecule has 0 aromatic heterocycles. The summed E-state index contributed by atoms with van der Waals surface area (Å²) in [5.41, 5.74) is 3.06. The van der Waals surface area contributed by atoms with Crippen molar-refractivity contribution < 1.29 is 0 Å². The molecule has 0 radical (unpaired) electrons. The Bertz CT molecular complexity index is 344. The summed E-state index contributed by atoms with van der Waals surface area (Å²) >= 11 is 0. The molecule has 1 aromatic rings. The third-order valence-electron chi connectivity index (χ3n) is 3.55. The molecule has 1 saturated carbocycles. The molecule has 1 fully saturated rings. The van der Waals surface area contributed by atoms with E-state index in [-0.39, 0.29) is 0 Å². The van der Waals surface area contributed by atoms with Crippen LogP contribution >= 0.6 is 0 Å². The van der Waals surface area contributed by atoms with E-state index in [1.54, 1.807) is 5.57 Å². The van der Waals surface area contributed by atoms with Crippen LogP contribution in [0.1, 0.15) is 57.4 Å². The van der Waals surface area contributed by atoms with E-state index >= 15 is 0 Å². The molecule has 0 heterocycles. The van der Waals surface area contributed by atoms with Gasteiger partial charge in [-0.05, 0) is 42.7 Å². The van der Waals surface area contributed by atoms with E-state index in [4.69, 9.17) is 0 Å². The highest BCUT2D eigenvalue weighted by Gasteiger charge is 2.26. The van der Waals surface area contributed by atoms with E-state index in [1.165, 1.54) is 50.5 Å². The van der Waals surface area contributed by atoms with Crippen molar-refractivity contribution in [3.63, 3.8) is 0 Å². The maximum atomic E-state index is 2.50. The second kappa shape index (κ2) is 6.64. The van der Waals surface area contributed by atoms with Gasteiger partial charge in [-0.25, -0.2) is 0 Å². The van der Waals surface area contributed by atoms with Crippen molar-refractivity contribution in [3.8, 4) is 0 Å². The van der Waals surface area contributed by atoms with Crippen molar-refractivity contribution in [1.29, 1.82) is 0 Å². The quantitative estimate of drug-likeness (QED) is 0.544. The normalized spacial score (nSPS) is 16.2. The molecule has 0 saturated heterocycles. The van der Waals surface area contributed by atoms with Crippen LogP contribution in [0, 0.1) is 5.92 Å². The fraction of sp³-hybridized carbons (Fsp3) is 0.529. The van der Waals surface area contributed by atoms with Crippen LogP contribution in [0.2, 0.25) is 0 Å². The summed E-state index contributed by atoms with van der Waals surface area (Å²) in [7, 11) is 0. The van der Waals surface area contributed by atoms with Gasteiger partial charge in [0.15, 0.2) is 0 Å². The molecule has 0 unspecified atom stereocenters. The third-order valence-corrected chi connectivity index (χ3v) is 3.55.